The molecule has 1 amide bonds. The Kier molecular flexibility index (Phi) is 5.80. The monoisotopic (exact) mass is 317 g/mol. The molecule has 0 heterocycles. The predicted molar refractivity (Wildman–Crippen MR) is 90.6 cm³/mol. The molecular weight excluding hydrogens is 290 g/mol. The lowest BCUT2D eigenvalue weighted by molar-refractivity contribution is 0.0487. The van der Waals surface area contributed by atoms with Crippen LogP contribution in [0.4, 0.5) is 4.79 Å². The highest BCUT2D eigenvalue weighted by atomic mass is 16.6. The molecule has 1 aliphatic carbocycles. The molecule has 0 unspecified atom stereocenters. The van der Waals surface area contributed by atoms with E-state index in [1.807, 2.05) is 45.0 Å². The van der Waals surface area contributed by atoms with Crippen molar-refractivity contribution in [3.05, 3.63) is 35.4 Å². The second-order valence-electron chi connectivity index (χ2n) is 7.43. The second kappa shape index (κ2) is 7.62. The Morgan fingerprint density at radius 1 is 1.17 bits per heavy atom. The van der Waals surface area contributed by atoms with Gasteiger partial charge >= 0.3 is 6.09 Å². The van der Waals surface area contributed by atoms with Crippen LogP contribution in [0.15, 0.2) is 24.3 Å². The lowest BCUT2D eigenvalue weighted by atomic mass is 9.82. The average Bonchev–Trinajstić information content (AvgIpc) is 2.48. The number of nitrogens with one attached hydrogen (secondary N) is 1. The Bertz CT molecular complexity index is 523. The minimum absolute atomic E-state index is 0.221. The Balaban J connectivity index is 1.75. The van der Waals surface area contributed by atoms with Crippen LogP contribution < -0.4 is 5.32 Å². The zero-order valence-corrected chi connectivity index (χ0v) is 14.3. The van der Waals surface area contributed by atoms with Crippen molar-refractivity contribution >= 4 is 12.4 Å². The Labute approximate surface area is 138 Å². The first-order valence-electron chi connectivity index (χ1n) is 8.39. The molecule has 0 atom stereocenters. The maximum absolute atomic E-state index is 11.8. The highest BCUT2D eigenvalue weighted by molar-refractivity contribution is 5.74. The molecule has 4 nitrogen and oxygen atoms in total. The average molecular weight is 317 g/mol. The van der Waals surface area contributed by atoms with Crippen molar-refractivity contribution in [1.82, 2.24) is 5.32 Å². The zero-order valence-electron chi connectivity index (χ0n) is 14.3. The Hall–Kier alpha value is -1.84. The van der Waals surface area contributed by atoms with Gasteiger partial charge in [0.2, 0.25) is 0 Å². The van der Waals surface area contributed by atoms with Gasteiger partial charge in [-0.25, -0.2) is 4.79 Å². The highest BCUT2D eigenvalue weighted by Gasteiger charge is 2.24. The number of benzene rings is 1. The summed E-state index contributed by atoms with van der Waals surface area (Å²) in [5, 5.41) is 2.97. The number of ether oxygens (including phenoxy) is 1. The fraction of sp³-hybridized carbons (Fsp3) is 0.579. The predicted octanol–water partition coefficient (Wildman–Crippen LogP) is 4.13. The van der Waals surface area contributed by atoms with E-state index in [9.17, 15) is 9.59 Å². The fourth-order valence-corrected chi connectivity index (χ4v) is 3.05. The van der Waals surface area contributed by atoms with Crippen molar-refractivity contribution in [2.24, 2.45) is 5.92 Å². The quantitative estimate of drug-likeness (QED) is 0.850. The smallest absolute Gasteiger partial charge is 0.407 e. The summed E-state index contributed by atoms with van der Waals surface area (Å²) in [6.45, 7) is 5.62. The molecule has 1 aromatic carbocycles. The number of aldehydes is 1. The first-order chi connectivity index (χ1) is 10.9. The number of carbonyl (C=O) groups is 2. The summed E-state index contributed by atoms with van der Waals surface area (Å²) in [5.41, 5.74) is 1.55. The van der Waals surface area contributed by atoms with Crippen LogP contribution in [0.25, 0.3) is 0 Å². The van der Waals surface area contributed by atoms with Gasteiger partial charge in [-0.05, 0) is 64.4 Å². The summed E-state index contributed by atoms with van der Waals surface area (Å²) in [7, 11) is 0. The molecule has 0 radical (unpaired) electrons. The maximum Gasteiger partial charge on any atom is 0.407 e. The lowest BCUT2D eigenvalue weighted by Crippen LogP contribution is -2.41. The van der Waals surface area contributed by atoms with Crippen LogP contribution in [-0.4, -0.2) is 24.0 Å². The minimum atomic E-state index is -0.449. The molecule has 2 rings (SSSR count). The Morgan fingerprint density at radius 2 is 1.78 bits per heavy atom. The van der Waals surface area contributed by atoms with Crippen LogP contribution in [-0.2, 0) is 11.2 Å². The number of rotatable bonds is 4. The summed E-state index contributed by atoms with van der Waals surface area (Å²) in [6.07, 6.45) is 5.80. The van der Waals surface area contributed by atoms with Crippen molar-refractivity contribution in [3.8, 4) is 0 Å². The summed E-state index contributed by atoms with van der Waals surface area (Å²) in [5.74, 6) is 0.647. The molecule has 1 N–H and O–H groups in total. The first-order valence-corrected chi connectivity index (χ1v) is 8.39. The van der Waals surface area contributed by atoms with Crippen LogP contribution in [0.1, 0.15) is 62.4 Å². The standard InChI is InChI=1S/C19H27NO3/c1-19(2,3)23-18(22)20-17-10-8-15(9-11-17)12-14-4-6-16(13-21)7-5-14/h4-7,13,15,17H,8-12H2,1-3H3,(H,20,22). The third-order valence-electron chi connectivity index (χ3n) is 4.21. The van der Waals surface area contributed by atoms with Crippen molar-refractivity contribution in [1.29, 1.82) is 0 Å². The van der Waals surface area contributed by atoms with Gasteiger partial charge in [-0.3, -0.25) is 4.79 Å². The van der Waals surface area contributed by atoms with Crippen LogP contribution >= 0.6 is 0 Å². The number of hydrogen-bond donors (Lipinski definition) is 1. The fourth-order valence-electron chi connectivity index (χ4n) is 3.05. The number of amides is 1. The molecule has 4 heteroatoms. The molecule has 0 aliphatic heterocycles. The summed E-state index contributed by atoms with van der Waals surface area (Å²) in [6, 6.07) is 8.04. The molecule has 1 aromatic rings. The van der Waals surface area contributed by atoms with E-state index >= 15 is 0 Å². The molecule has 23 heavy (non-hydrogen) atoms. The molecular formula is C19H27NO3. The van der Waals surface area contributed by atoms with Gasteiger partial charge in [-0.15, -0.1) is 0 Å². The van der Waals surface area contributed by atoms with Gasteiger partial charge in [0.15, 0.2) is 0 Å². The van der Waals surface area contributed by atoms with E-state index in [0.717, 1.165) is 44.0 Å². The molecule has 0 saturated heterocycles. The number of carbonyl (C=O) groups excluding carboxylic acids is 2. The van der Waals surface area contributed by atoms with Gasteiger partial charge in [0.25, 0.3) is 0 Å². The van der Waals surface area contributed by atoms with Gasteiger partial charge in [0, 0.05) is 11.6 Å². The van der Waals surface area contributed by atoms with E-state index in [-0.39, 0.29) is 12.1 Å². The van der Waals surface area contributed by atoms with Gasteiger partial charge < -0.3 is 10.1 Å². The first kappa shape index (κ1) is 17.5. The van der Waals surface area contributed by atoms with Crippen molar-refractivity contribution in [2.75, 3.05) is 0 Å². The number of alkyl carbamates (subject to hydrolysis) is 1. The maximum atomic E-state index is 11.8. The number of hydrogen-bond acceptors (Lipinski definition) is 3. The van der Waals surface area contributed by atoms with Crippen LogP contribution in [0.2, 0.25) is 0 Å². The van der Waals surface area contributed by atoms with Gasteiger partial charge in [0.1, 0.15) is 11.9 Å². The Morgan fingerprint density at radius 3 is 2.30 bits per heavy atom. The molecule has 0 aromatic heterocycles. The van der Waals surface area contributed by atoms with E-state index < -0.39 is 5.60 Å². The van der Waals surface area contributed by atoms with E-state index in [2.05, 4.69) is 5.32 Å². The van der Waals surface area contributed by atoms with E-state index in [4.69, 9.17) is 4.74 Å². The lowest BCUT2D eigenvalue weighted by Gasteiger charge is -2.30. The summed E-state index contributed by atoms with van der Waals surface area (Å²) in [4.78, 5) is 22.5. The van der Waals surface area contributed by atoms with Crippen LogP contribution in [0, 0.1) is 5.92 Å². The molecule has 1 fully saturated rings. The molecule has 126 valence electrons. The molecule has 1 saturated carbocycles. The van der Waals surface area contributed by atoms with Crippen molar-refractivity contribution in [2.45, 2.75) is 64.5 Å². The van der Waals surface area contributed by atoms with Gasteiger partial charge in [-0.1, -0.05) is 24.3 Å². The SMILES string of the molecule is CC(C)(C)OC(=O)NC1CCC(Cc2ccc(C=O)cc2)CC1. The van der Waals surface area contributed by atoms with Gasteiger partial charge in [0.05, 0.1) is 0 Å². The minimum Gasteiger partial charge on any atom is -0.444 e. The molecule has 0 bridgehead atoms. The summed E-state index contributed by atoms with van der Waals surface area (Å²) < 4.78 is 5.31. The van der Waals surface area contributed by atoms with Crippen LogP contribution in [0.3, 0.4) is 0 Å². The third-order valence-corrected chi connectivity index (χ3v) is 4.21. The van der Waals surface area contributed by atoms with E-state index in [1.165, 1.54) is 5.56 Å². The second-order valence-corrected chi connectivity index (χ2v) is 7.43. The highest BCUT2D eigenvalue weighted by Crippen LogP contribution is 2.27. The largest absolute Gasteiger partial charge is 0.444 e. The van der Waals surface area contributed by atoms with E-state index in [0.29, 0.717) is 5.92 Å². The van der Waals surface area contributed by atoms with Gasteiger partial charge in [-0.2, -0.15) is 0 Å². The van der Waals surface area contributed by atoms with Crippen molar-refractivity contribution in [3.63, 3.8) is 0 Å². The molecule has 1 aliphatic rings. The van der Waals surface area contributed by atoms with E-state index in [1.54, 1.807) is 0 Å². The molecule has 0 spiro atoms. The van der Waals surface area contributed by atoms with Crippen LogP contribution in [0.5, 0.6) is 0 Å². The third kappa shape index (κ3) is 6.05. The topological polar surface area (TPSA) is 55.4 Å². The zero-order chi connectivity index (χ0) is 16.9. The van der Waals surface area contributed by atoms with Crippen molar-refractivity contribution < 1.29 is 14.3 Å². The normalized spacial score (nSPS) is 21.5. The summed E-state index contributed by atoms with van der Waals surface area (Å²) >= 11 is 0.